The maximum Gasteiger partial charge on any atom is 0.287 e. The van der Waals surface area contributed by atoms with Crippen LogP contribution in [0.2, 0.25) is 0 Å². The summed E-state index contributed by atoms with van der Waals surface area (Å²) in [5.74, 6) is 0.454. The third-order valence-electron chi connectivity index (χ3n) is 7.06. The number of pyridine rings is 1. The average molecular weight is 470 g/mol. The van der Waals surface area contributed by atoms with Crippen molar-refractivity contribution < 1.29 is 14.3 Å². The average Bonchev–Trinajstić information content (AvgIpc) is 3.33. The van der Waals surface area contributed by atoms with Crippen LogP contribution in [0.1, 0.15) is 52.9 Å². The van der Waals surface area contributed by atoms with Crippen molar-refractivity contribution in [1.82, 2.24) is 15.2 Å². The first-order valence-electron chi connectivity index (χ1n) is 12.2. The Labute approximate surface area is 205 Å². The zero-order valence-electron chi connectivity index (χ0n) is 20.0. The third-order valence-corrected chi connectivity index (χ3v) is 7.06. The van der Waals surface area contributed by atoms with Gasteiger partial charge in [-0.05, 0) is 65.8 Å². The van der Waals surface area contributed by atoms with E-state index in [1.165, 1.54) is 5.56 Å². The van der Waals surface area contributed by atoms with Crippen molar-refractivity contribution in [2.24, 2.45) is 0 Å². The SMILES string of the molecule is C[C@H](CN1CCC(O)(c2ccc3oc(C(=O)NCc4ccncc4)cc3c2)CC1)c1ccccc1. The van der Waals surface area contributed by atoms with Gasteiger partial charge in [-0.15, -0.1) is 0 Å². The number of fused-ring (bicyclic) bond motifs is 1. The molecule has 2 N–H and O–H groups in total. The number of carbonyl (C=O) groups is 1. The van der Waals surface area contributed by atoms with Gasteiger partial charge in [-0.3, -0.25) is 9.78 Å². The van der Waals surface area contributed by atoms with Crippen LogP contribution in [0.25, 0.3) is 11.0 Å². The number of hydrogen-bond acceptors (Lipinski definition) is 5. The van der Waals surface area contributed by atoms with Crippen LogP contribution >= 0.6 is 0 Å². The Morgan fingerprint density at radius 1 is 1.09 bits per heavy atom. The molecule has 0 aliphatic carbocycles. The molecule has 4 aromatic rings. The molecule has 180 valence electrons. The summed E-state index contributed by atoms with van der Waals surface area (Å²) in [6, 6.07) is 21.8. The minimum absolute atomic E-state index is 0.265. The summed E-state index contributed by atoms with van der Waals surface area (Å²) in [5, 5.41) is 15.2. The highest BCUT2D eigenvalue weighted by atomic mass is 16.3. The van der Waals surface area contributed by atoms with Gasteiger partial charge in [-0.1, -0.05) is 43.3 Å². The summed E-state index contributed by atoms with van der Waals surface area (Å²) in [6.07, 6.45) is 4.75. The van der Waals surface area contributed by atoms with Crippen LogP contribution in [-0.4, -0.2) is 40.5 Å². The van der Waals surface area contributed by atoms with E-state index in [4.69, 9.17) is 4.42 Å². The second-order valence-corrected chi connectivity index (χ2v) is 9.55. The van der Waals surface area contributed by atoms with Crippen LogP contribution in [-0.2, 0) is 12.1 Å². The van der Waals surface area contributed by atoms with E-state index in [-0.39, 0.29) is 11.7 Å². The molecule has 1 atom stereocenters. The molecule has 6 heteroatoms. The van der Waals surface area contributed by atoms with Gasteiger partial charge in [-0.25, -0.2) is 0 Å². The number of amides is 1. The van der Waals surface area contributed by atoms with Crippen molar-refractivity contribution in [3.05, 3.63) is 102 Å². The lowest BCUT2D eigenvalue weighted by Crippen LogP contribution is -2.43. The molecular weight excluding hydrogens is 438 g/mol. The monoisotopic (exact) mass is 469 g/mol. The molecule has 1 fully saturated rings. The van der Waals surface area contributed by atoms with E-state index in [1.54, 1.807) is 18.5 Å². The fraction of sp³-hybridized carbons (Fsp3) is 0.310. The van der Waals surface area contributed by atoms with Crippen molar-refractivity contribution in [3.63, 3.8) is 0 Å². The summed E-state index contributed by atoms with van der Waals surface area (Å²) in [4.78, 5) is 19.0. The molecule has 0 unspecified atom stereocenters. The zero-order chi connectivity index (χ0) is 24.3. The summed E-state index contributed by atoms with van der Waals surface area (Å²) in [5.41, 5.74) is 2.96. The Kier molecular flexibility index (Phi) is 6.66. The number of aromatic nitrogens is 1. The van der Waals surface area contributed by atoms with Crippen molar-refractivity contribution in [1.29, 1.82) is 0 Å². The molecule has 2 aromatic heterocycles. The molecule has 6 nitrogen and oxygen atoms in total. The zero-order valence-corrected chi connectivity index (χ0v) is 20.0. The predicted octanol–water partition coefficient (Wildman–Crippen LogP) is 4.84. The highest BCUT2D eigenvalue weighted by Crippen LogP contribution is 2.35. The fourth-order valence-electron chi connectivity index (χ4n) is 4.88. The first kappa shape index (κ1) is 23.3. The van der Waals surface area contributed by atoms with Crippen LogP contribution in [0.5, 0.6) is 0 Å². The number of hydrogen-bond donors (Lipinski definition) is 2. The highest BCUT2D eigenvalue weighted by Gasteiger charge is 2.34. The molecule has 0 bridgehead atoms. The standard InChI is InChI=1S/C29H31N3O3/c1-21(23-5-3-2-4-6-23)20-32-15-11-29(34,12-16-32)25-7-8-26-24(17-25)18-27(35-26)28(33)31-19-22-9-13-30-14-10-22/h2-10,13-14,17-18,21,34H,11-12,15-16,19-20H2,1H3,(H,31,33)/t21-/m1/s1. The van der Waals surface area contributed by atoms with Gasteiger partial charge < -0.3 is 19.7 Å². The van der Waals surface area contributed by atoms with E-state index < -0.39 is 5.60 Å². The van der Waals surface area contributed by atoms with Crippen LogP contribution in [0.15, 0.2) is 83.5 Å². The normalized spacial score (nSPS) is 16.7. The third kappa shape index (κ3) is 5.29. The molecule has 5 rings (SSSR count). The number of piperidine rings is 1. The largest absolute Gasteiger partial charge is 0.451 e. The fourth-order valence-corrected chi connectivity index (χ4v) is 4.88. The lowest BCUT2D eigenvalue weighted by molar-refractivity contribution is -0.0266. The predicted molar refractivity (Wildman–Crippen MR) is 136 cm³/mol. The van der Waals surface area contributed by atoms with Gasteiger partial charge in [-0.2, -0.15) is 0 Å². The molecule has 2 aromatic carbocycles. The number of rotatable bonds is 7. The first-order chi connectivity index (χ1) is 17.0. The van der Waals surface area contributed by atoms with Crippen LogP contribution < -0.4 is 5.32 Å². The summed E-state index contributed by atoms with van der Waals surface area (Å²) >= 11 is 0. The molecule has 1 amide bonds. The molecule has 1 aliphatic heterocycles. The molecule has 3 heterocycles. The Morgan fingerprint density at radius 2 is 1.83 bits per heavy atom. The van der Waals surface area contributed by atoms with E-state index in [1.807, 2.05) is 36.4 Å². The second kappa shape index (κ2) is 10.0. The molecule has 35 heavy (non-hydrogen) atoms. The van der Waals surface area contributed by atoms with Crippen LogP contribution in [0, 0.1) is 0 Å². The Morgan fingerprint density at radius 3 is 2.57 bits per heavy atom. The topological polar surface area (TPSA) is 78.6 Å². The van der Waals surface area contributed by atoms with Crippen molar-refractivity contribution in [2.45, 2.75) is 37.8 Å². The lowest BCUT2D eigenvalue weighted by Gasteiger charge is -2.39. The van der Waals surface area contributed by atoms with Gasteiger partial charge in [0.05, 0.1) is 5.60 Å². The lowest BCUT2D eigenvalue weighted by atomic mass is 9.83. The van der Waals surface area contributed by atoms with E-state index in [9.17, 15) is 9.90 Å². The maximum absolute atomic E-state index is 12.6. The Hall–Kier alpha value is -3.48. The van der Waals surface area contributed by atoms with Crippen LogP contribution in [0.3, 0.4) is 0 Å². The summed E-state index contributed by atoms with van der Waals surface area (Å²) < 4.78 is 5.78. The summed E-state index contributed by atoms with van der Waals surface area (Å²) in [6.45, 7) is 5.34. The van der Waals surface area contributed by atoms with Gasteiger partial charge >= 0.3 is 0 Å². The quantitative estimate of drug-likeness (QED) is 0.405. The van der Waals surface area contributed by atoms with Gasteiger partial charge in [0.15, 0.2) is 5.76 Å². The van der Waals surface area contributed by atoms with Gasteiger partial charge in [0, 0.05) is 44.0 Å². The van der Waals surface area contributed by atoms with Gasteiger partial charge in [0.1, 0.15) is 5.58 Å². The van der Waals surface area contributed by atoms with E-state index >= 15 is 0 Å². The second-order valence-electron chi connectivity index (χ2n) is 9.55. The number of carbonyl (C=O) groups excluding carboxylic acids is 1. The Bertz CT molecular complexity index is 1280. The molecule has 0 spiro atoms. The highest BCUT2D eigenvalue weighted by molar-refractivity contribution is 5.96. The smallest absolute Gasteiger partial charge is 0.287 e. The molecule has 0 radical (unpaired) electrons. The first-order valence-corrected chi connectivity index (χ1v) is 12.2. The molecule has 0 saturated carbocycles. The summed E-state index contributed by atoms with van der Waals surface area (Å²) in [7, 11) is 0. The van der Waals surface area contributed by atoms with E-state index in [0.29, 0.717) is 30.9 Å². The molecular formula is C29H31N3O3. The number of nitrogens with zero attached hydrogens (tertiary/aromatic N) is 2. The van der Waals surface area contributed by atoms with Crippen LogP contribution in [0.4, 0.5) is 0 Å². The number of aliphatic hydroxyl groups is 1. The number of furan rings is 1. The van der Waals surface area contributed by atoms with Gasteiger partial charge in [0.25, 0.3) is 5.91 Å². The minimum atomic E-state index is -0.873. The molecule has 1 aliphatic rings. The van der Waals surface area contributed by atoms with Gasteiger partial charge in [0.2, 0.25) is 0 Å². The minimum Gasteiger partial charge on any atom is -0.451 e. The number of nitrogens with one attached hydrogen (secondary N) is 1. The molecule has 1 saturated heterocycles. The Balaban J connectivity index is 1.22. The van der Waals surface area contributed by atoms with E-state index in [2.05, 4.69) is 46.4 Å². The van der Waals surface area contributed by atoms with Crippen molar-refractivity contribution in [2.75, 3.05) is 19.6 Å². The van der Waals surface area contributed by atoms with Crippen molar-refractivity contribution in [3.8, 4) is 0 Å². The van der Waals surface area contributed by atoms with Crippen molar-refractivity contribution >= 4 is 16.9 Å². The maximum atomic E-state index is 12.6. The van der Waals surface area contributed by atoms with E-state index in [0.717, 1.165) is 36.1 Å². The number of likely N-dealkylation sites (tertiary alicyclic amines) is 1. The number of benzene rings is 2.